The van der Waals surface area contributed by atoms with Crippen molar-refractivity contribution >= 4 is 23.6 Å². The SMILES string of the molecule is C#CCC[Si](c1ccccc1)(c1ccccc1)c1ccccc1. The minimum absolute atomic E-state index is 0.797. The van der Waals surface area contributed by atoms with Crippen molar-refractivity contribution in [2.45, 2.75) is 12.5 Å². The van der Waals surface area contributed by atoms with Gasteiger partial charge in [0.2, 0.25) is 0 Å². The fourth-order valence-corrected chi connectivity index (χ4v) is 8.03. The van der Waals surface area contributed by atoms with Gasteiger partial charge in [0.1, 0.15) is 8.07 Å². The summed E-state index contributed by atoms with van der Waals surface area (Å²) in [4.78, 5) is 0. The molecule has 112 valence electrons. The van der Waals surface area contributed by atoms with Gasteiger partial charge >= 0.3 is 0 Å². The molecule has 0 heterocycles. The zero-order chi connectivity index (χ0) is 16.0. The molecule has 0 fully saturated rings. The van der Waals surface area contributed by atoms with Gasteiger partial charge in [-0.25, -0.2) is 0 Å². The summed E-state index contributed by atoms with van der Waals surface area (Å²) in [6.45, 7) is 0. The molecule has 3 aromatic rings. The third-order valence-electron chi connectivity index (χ3n) is 4.44. The molecule has 0 N–H and O–H groups in total. The van der Waals surface area contributed by atoms with E-state index in [4.69, 9.17) is 6.42 Å². The van der Waals surface area contributed by atoms with E-state index in [1.165, 1.54) is 15.6 Å². The number of terminal acetylenes is 1. The van der Waals surface area contributed by atoms with E-state index >= 15 is 0 Å². The molecule has 0 aliphatic rings. The number of rotatable bonds is 5. The van der Waals surface area contributed by atoms with Gasteiger partial charge in [-0.3, -0.25) is 0 Å². The Morgan fingerprint density at radius 2 is 0.957 bits per heavy atom. The van der Waals surface area contributed by atoms with Crippen LogP contribution in [0.4, 0.5) is 0 Å². The first-order valence-corrected chi connectivity index (χ1v) is 10.2. The van der Waals surface area contributed by atoms with Crippen molar-refractivity contribution in [1.82, 2.24) is 0 Å². The summed E-state index contributed by atoms with van der Waals surface area (Å²) in [5, 5.41) is 4.27. The average Bonchev–Trinajstić information content (AvgIpc) is 2.65. The number of hydrogen-bond donors (Lipinski definition) is 0. The summed E-state index contributed by atoms with van der Waals surface area (Å²) in [6.07, 6.45) is 6.44. The Labute approximate surface area is 139 Å². The molecule has 0 aliphatic heterocycles. The molecule has 0 saturated carbocycles. The molecule has 0 amide bonds. The second-order valence-electron chi connectivity index (χ2n) is 5.71. The fraction of sp³-hybridized carbons (Fsp3) is 0.0909. The molecule has 0 saturated heterocycles. The van der Waals surface area contributed by atoms with E-state index in [0.29, 0.717) is 0 Å². The molecule has 1 heteroatoms. The van der Waals surface area contributed by atoms with Crippen LogP contribution in [0.1, 0.15) is 6.42 Å². The molecule has 0 aliphatic carbocycles. The van der Waals surface area contributed by atoms with Crippen molar-refractivity contribution in [2.75, 3.05) is 0 Å². The minimum Gasteiger partial charge on any atom is -0.120 e. The smallest absolute Gasteiger partial charge is 0.120 e. The predicted molar refractivity (Wildman–Crippen MR) is 102 cm³/mol. The normalized spacial score (nSPS) is 10.9. The molecular weight excluding hydrogens is 292 g/mol. The molecule has 0 bridgehead atoms. The maximum absolute atomic E-state index is 5.64. The Morgan fingerprint density at radius 3 is 1.26 bits per heavy atom. The molecule has 0 nitrogen and oxygen atoms in total. The number of benzene rings is 3. The zero-order valence-corrected chi connectivity index (χ0v) is 14.2. The van der Waals surface area contributed by atoms with Crippen LogP contribution in [-0.2, 0) is 0 Å². The van der Waals surface area contributed by atoms with Gasteiger partial charge < -0.3 is 0 Å². The highest BCUT2D eigenvalue weighted by molar-refractivity contribution is 7.11. The molecular formula is C22H20Si. The summed E-state index contributed by atoms with van der Waals surface area (Å²) in [5.41, 5.74) is 0. The lowest BCUT2D eigenvalue weighted by Crippen LogP contribution is -2.66. The van der Waals surface area contributed by atoms with Crippen molar-refractivity contribution in [1.29, 1.82) is 0 Å². The molecule has 23 heavy (non-hydrogen) atoms. The maximum Gasteiger partial charge on any atom is 0.149 e. The van der Waals surface area contributed by atoms with E-state index in [1.807, 2.05) is 0 Å². The van der Waals surface area contributed by atoms with Crippen LogP contribution in [0.3, 0.4) is 0 Å². The minimum atomic E-state index is -2.09. The summed E-state index contributed by atoms with van der Waals surface area (Å²) < 4.78 is 0. The highest BCUT2D eigenvalue weighted by atomic mass is 28.3. The standard InChI is InChI=1S/C22H20Si/c1-2-3-19-23(20-13-7-4-8-14-20,21-15-9-5-10-16-21)22-17-11-6-12-18-22/h1,4-18H,3,19H2. The second kappa shape index (κ2) is 7.13. The Morgan fingerprint density at radius 1 is 0.609 bits per heavy atom. The quantitative estimate of drug-likeness (QED) is 0.386. The van der Waals surface area contributed by atoms with Crippen LogP contribution in [0.25, 0.3) is 0 Å². The van der Waals surface area contributed by atoms with E-state index in [0.717, 1.165) is 12.5 Å². The summed E-state index contributed by atoms with van der Waals surface area (Å²) in [6, 6.07) is 33.7. The highest BCUT2D eigenvalue weighted by Crippen LogP contribution is 2.14. The lowest BCUT2D eigenvalue weighted by molar-refractivity contribution is 1.23. The zero-order valence-electron chi connectivity index (χ0n) is 13.2. The Bertz CT molecular complexity index is 674. The van der Waals surface area contributed by atoms with Crippen molar-refractivity contribution in [3.63, 3.8) is 0 Å². The highest BCUT2D eigenvalue weighted by Gasteiger charge is 2.38. The van der Waals surface area contributed by atoms with E-state index in [9.17, 15) is 0 Å². The molecule has 3 aromatic carbocycles. The monoisotopic (exact) mass is 312 g/mol. The lowest BCUT2D eigenvalue weighted by Gasteiger charge is -2.33. The molecule has 0 aromatic heterocycles. The largest absolute Gasteiger partial charge is 0.149 e. The third kappa shape index (κ3) is 2.99. The van der Waals surface area contributed by atoms with Crippen LogP contribution >= 0.6 is 0 Å². The van der Waals surface area contributed by atoms with Crippen LogP contribution in [0.15, 0.2) is 91.0 Å². The van der Waals surface area contributed by atoms with Crippen LogP contribution in [0, 0.1) is 12.3 Å². The fourth-order valence-electron chi connectivity index (χ4n) is 3.36. The van der Waals surface area contributed by atoms with Crippen molar-refractivity contribution in [3.05, 3.63) is 91.0 Å². The molecule has 0 atom stereocenters. The Hall–Kier alpha value is -2.56. The molecule has 3 rings (SSSR count). The van der Waals surface area contributed by atoms with Gasteiger partial charge in [-0.2, -0.15) is 0 Å². The summed E-state index contributed by atoms with van der Waals surface area (Å²) in [5.74, 6) is 2.87. The third-order valence-corrected chi connectivity index (χ3v) is 9.40. The summed E-state index contributed by atoms with van der Waals surface area (Å²) in [7, 11) is -2.09. The van der Waals surface area contributed by atoms with Gasteiger partial charge in [0.15, 0.2) is 0 Å². The van der Waals surface area contributed by atoms with Crippen LogP contribution in [0.2, 0.25) is 6.04 Å². The topological polar surface area (TPSA) is 0 Å². The van der Waals surface area contributed by atoms with E-state index < -0.39 is 8.07 Å². The first kappa shape index (κ1) is 15.3. The van der Waals surface area contributed by atoms with Crippen LogP contribution in [-0.4, -0.2) is 8.07 Å². The average molecular weight is 312 g/mol. The van der Waals surface area contributed by atoms with Crippen molar-refractivity contribution in [2.24, 2.45) is 0 Å². The Kier molecular flexibility index (Phi) is 4.76. The Balaban J connectivity index is 2.28. The van der Waals surface area contributed by atoms with Crippen molar-refractivity contribution in [3.8, 4) is 12.3 Å². The molecule has 0 spiro atoms. The van der Waals surface area contributed by atoms with Crippen LogP contribution < -0.4 is 15.6 Å². The van der Waals surface area contributed by atoms with Gasteiger partial charge in [0.25, 0.3) is 0 Å². The lowest BCUT2D eigenvalue weighted by atomic mass is 10.3. The molecule has 0 radical (unpaired) electrons. The van der Waals surface area contributed by atoms with E-state index in [2.05, 4.69) is 96.9 Å². The van der Waals surface area contributed by atoms with Crippen LogP contribution in [0.5, 0.6) is 0 Å². The van der Waals surface area contributed by atoms with Gasteiger partial charge in [-0.15, -0.1) is 12.3 Å². The first-order valence-electron chi connectivity index (χ1n) is 7.98. The predicted octanol–water partition coefficient (Wildman–Crippen LogP) is 3.18. The van der Waals surface area contributed by atoms with Gasteiger partial charge in [-0.05, 0) is 21.6 Å². The van der Waals surface area contributed by atoms with Gasteiger partial charge in [-0.1, -0.05) is 91.0 Å². The summed E-state index contributed by atoms with van der Waals surface area (Å²) >= 11 is 0. The maximum atomic E-state index is 5.64. The second-order valence-corrected chi connectivity index (χ2v) is 9.75. The number of hydrogen-bond acceptors (Lipinski definition) is 0. The van der Waals surface area contributed by atoms with Gasteiger partial charge in [0, 0.05) is 6.42 Å². The van der Waals surface area contributed by atoms with Crippen molar-refractivity contribution < 1.29 is 0 Å². The first-order chi connectivity index (χ1) is 11.4. The van der Waals surface area contributed by atoms with E-state index in [1.54, 1.807) is 0 Å². The molecule has 0 unspecified atom stereocenters. The van der Waals surface area contributed by atoms with E-state index in [-0.39, 0.29) is 0 Å². The van der Waals surface area contributed by atoms with Gasteiger partial charge in [0.05, 0.1) is 0 Å².